The molecular weight excluding hydrogens is 294 g/mol. The number of aromatic nitrogens is 2. The van der Waals surface area contributed by atoms with Gasteiger partial charge in [-0.05, 0) is 31.7 Å². The zero-order chi connectivity index (χ0) is 16.8. The molecule has 1 saturated heterocycles. The van der Waals surface area contributed by atoms with E-state index in [0.29, 0.717) is 13.1 Å². The standard InChI is InChI=1S/C16H27N5O2/c1-13-10-18-21(11-13)9-5-7-17-15(22)14-6-4-8-20(12-14)16(23)19(2)3/h10-11,14H,4-9,12H2,1-3H3,(H,17,22). The lowest BCUT2D eigenvalue weighted by Crippen LogP contribution is -2.48. The van der Waals surface area contributed by atoms with Gasteiger partial charge in [0.25, 0.3) is 0 Å². The van der Waals surface area contributed by atoms with Crippen LogP contribution in [0.2, 0.25) is 0 Å². The van der Waals surface area contributed by atoms with Gasteiger partial charge in [0, 0.05) is 46.5 Å². The predicted octanol–water partition coefficient (Wildman–Crippen LogP) is 1.09. The topological polar surface area (TPSA) is 70.5 Å². The van der Waals surface area contributed by atoms with Crippen LogP contribution < -0.4 is 5.32 Å². The fourth-order valence-corrected chi connectivity index (χ4v) is 2.83. The van der Waals surface area contributed by atoms with Crippen molar-refractivity contribution in [3.05, 3.63) is 18.0 Å². The van der Waals surface area contributed by atoms with Gasteiger partial charge in [-0.3, -0.25) is 9.48 Å². The average molecular weight is 321 g/mol. The monoisotopic (exact) mass is 321 g/mol. The molecule has 1 N–H and O–H groups in total. The van der Waals surface area contributed by atoms with Crippen molar-refractivity contribution in [2.45, 2.75) is 32.7 Å². The maximum absolute atomic E-state index is 12.3. The summed E-state index contributed by atoms with van der Waals surface area (Å²) in [5, 5.41) is 7.21. The van der Waals surface area contributed by atoms with Gasteiger partial charge in [-0.2, -0.15) is 5.10 Å². The highest BCUT2D eigenvalue weighted by atomic mass is 16.2. The zero-order valence-electron chi connectivity index (χ0n) is 14.3. The lowest BCUT2D eigenvalue weighted by atomic mass is 9.97. The van der Waals surface area contributed by atoms with E-state index in [9.17, 15) is 9.59 Å². The molecule has 128 valence electrons. The van der Waals surface area contributed by atoms with E-state index < -0.39 is 0 Å². The van der Waals surface area contributed by atoms with Crippen molar-refractivity contribution in [1.82, 2.24) is 24.9 Å². The van der Waals surface area contributed by atoms with E-state index in [1.807, 2.05) is 24.0 Å². The molecule has 0 bridgehead atoms. The largest absolute Gasteiger partial charge is 0.356 e. The number of carbonyl (C=O) groups excluding carboxylic acids is 2. The molecule has 1 atom stereocenters. The molecule has 1 aromatic rings. The third kappa shape index (κ3) is 4.97. The Morgan fingerprint density at radius 3 is 2.87 bits per heavy atom. The van der Waals surface area contributed by atoms with Crippen LogP contribution >= 0.6 is 0 Å². The van der Waals surface area contributed by atoms with Crippen molar-refractivity contribution in [1.29, 1.82) is 0 Å². The number of nitrogens with one attached hydrogen (secondary N) is 1. The molecule has 0 aliphatic carbocycles. The highest BCUT2D eigenvalue weighted by Crippen LogP contribution is 2.17. The molecule has 1 aliphatic heterocycles. The predicted molar refractivity (Wildman–Crippen MR) is 88.0 cm³/mol. The van der Waals surface area contributed by atoms with Gasteiger partial charge >= 0.3 is 6.03 Å². The third-order valence-electron chi connectivity index (χ3n) is 4.07. The third-order valence-corrected chi connectivity index (χ3v) is 4.07. The molecule has 0 spiro atoms. The summed E-state index contributed by atoms with van der Waals surface area (Å²) in [7, 11) is 3.48. The second-order valence-electron chi connectivity index (χ2n) is 6.39. The number of rotatable bonds is 5. The van der Waals surface area contributed by atoms with Gasteiger partial charge in [-0.15, -0.1) is 0 Å². The van der Waals surface area contributed by atoms with Crippen LogP contribution in [0.1, 0.15) is 24.8 Å². The van der Waals surface area contributed by atoms with Crippen LogP contribution in [-0.2, 0) is 11.3 Å². The summed E-state index contributed by atoms with van der Waals surface area (Å²) in [6.45, 7) is 4.69. The molecule has 23 heavy (non-hydrogen) atoms. The van der Waals surface area contributed by atoms with Gasteiger partial charge < -0.3 is 15.1 Å². The minimum Gasteiger partial charge on any atom is -0.356 e. The number of aryl methyl sites for hydroxylation is 2. The minimum absolute atomic E-state index is 0.0171. The van der Waals surface area contributed by atoms with Crippen LogP contribution in [0.3, 0.4) is 0 Å². The Hall–Kier alpha value is -2.05. The van der Waals surface area contributed by atoms with E-state index in [1.165, 1.54) is 0 Å². The molecule has 3 amide bonds. The van der Waals surface area contributed by atoms with Gasteiger partial charge in [0.2, 0.25) is 5.91 Å². The number of likely N-dealkylation sites (tertiary alicyclic amines) is 1. The second kappa shape index (κ2) is 7.99. The van der Waals surface area contributed by atoms with Gasteiger partial charge in [-0.1, -0.05) is 0 Å². The molecule has 1 unspecified atom stereocenters. The summed E-state index contributed by atoms with van der Waals surface area (Å²) in [5.41, 5.74) is 1.14. The number of hydrogen-bond donors (Lipinski definition) is 1. The van der Waals surface area contributed by atoms with E-state index >= 15 is 0 Å². The Labute approximate surface area is 137 Å². The average Bonchev–Trinajstić information content (AvgIpc) is 2.96. The Bertz CT molecular complexity index is 540. The Morgan fingerprint density at radius 2 is 2.22 bits per heavy atom. The lowest BCUT2D eigenvalue weighted by Gasteiger charge is -2.33. The van der Waals surface area contributed by atoms with Crippen molar-refractivity contribution in [2.24, 2.45) is 5.92 Å². The smallest absolute Gasteiger partial charge is 0.319 e. The summed E-state index contributed by atoms with van der Waals surface area (Å²) >= 11 is 0. The van der Waals surface area contributed by atoms with Gasteiger partial charge in [0.1, 0.15) is 0 Å². The first kappa shape index (κ1) is 17.3. The molecule has 7 heteroatoms. The first-order chi connectivity index (χ1) is 11.0. The first-order valence-electron chi connectivity index (χ1n) is 8.20. The molecular formula is C16H27N5O2. The van der Waals surface area contributed by atoms with Crippen LogP contribution in [0.25, 0.3) is 0 Å². The summed E-state index contributed by atoms with van der Waals surface area (Å²) < 4.78 is 1.89. The summed E-state index contributed by atoms with van der Waals surface area (Å²) in [6, 6.07) is -0.0171. The second-order valence-corrected chi connectivity index (χ2v) is 6.39. The number of nitrogens with zero attached hydrogens (tertiary/aromatic N) is 4. The number of amides is 3. The SMILES string of the molecule is Cc1cnn(CCCNC(=O)C2CCCN(C(=O)N(C)C)C2)c1. The van der Waals surface area contributed by atoms with E-state index in [0.717, 1.165) is 37.9 Å². The fourth-order valence-electron chi connectivity index (χ4n) is 2.83. The van der Waals surface area contributed by atoms with Crippen LogP contribution in [0.4, 0.5) is 4.79 Å². The van der Waals surface area contributed by atoms with Crippen molar-refractivity contribution >= 4 is 11.9 Å². The molecule has 2 rings (SSSR count). The van der Waals surface area contributed by atoms with Crippen LogP contribution in [0.15, 0.2) is 12.4 Å². The van der Waals surface area contributed by atoms with Gasteiger partial charge in [-0.25, -0.2) is 4.79 Å². The molecule has 0 aromatic carbocycles. The minimum atomic E-state index is -0.0976. The molecule has 0 saturated carbocycles. The van der Waals surface area contributed by atoms with E-state index in [-0.39, 0.29) is 17.9 Å². The number of piperidine rings is 1. The molecule has 1 fully saturated rings. The van der Waals surface area contributed by atoms with Crippen molar-refractivity contribution in [3.8, 4) is 0 Å². The van der Waals surface area contributed by atoms with Crippen molar-refractivity contribution in [2.75, 3.05) is 33.7 Å². The summed E-state index contributed by atoms with van der Waals surface area (Å²) in [5.74, 6) is -0.0440. The number of hydrogen-bond acceptors (Lipinski definition) is 3. The van der Waals surface area contributed by atoms with E-state index in [4.69, 9.17) is 0 Å². The first-order valence-corrected chi connectivity index (χ1v) is 8.20. The lowest BCUT2D eigenvalue weighted by molar-refractivity contribution is -0.126. The van der Waals surface area contributed by atoms with Gasteiger partial charge in [0.05, 0.1) is 12.1 Å². The normalized spacial score (nSPS) is 17.9. The summed E-state index contributed by atoms with van der Waals surface area (Å²) in [4.78, 5) is 27.6. The van der Waals surface area contributed by atoms with Crippen LogP contribution in [0.5, 0.6) is 0 Å². The fraction of sp³-hybridized carbons (Fsp3) is 0.688. The summed E-state index contributed by atoms with van der Waals surface area (Å²) in [6.07, 6.45) is 6.40. The Morgan fingerprint density at radius 1 is 1.43 bits per heavy atom. The Kier molecular flexibility index (Phi) is 6.01. The molecule has 2 heterocycles. The number of carbonyl (C=O) groups is 2. The van der Waals surface area contributed by atoms with E-state index in [1.54, 1.807) is 23.9 Å². The number of urea groups is 1. The highest BCUT2D eigenvalue weighted by Gasteiger charge is 2.28. The molecule has 7 nitrogen and oxygen atoms in total. The highest BCUT2D eigenvalue weighted by molar-refractivity contribution is 5.80. The quantitative estimate of drug-likeness (QED) is 0.825. The molecule has 1 aliphatic rings. The van der Waals surface area contributed by atoms with Crippen LogP contribution in [0, 0.1) is 12.8 Å². The molecule has 1 aromatic heterocycles. The maximum atomic E-state index is 12.3. The van der Waals surface area contributed by atoms with Crippen molar-refractivity contribution < 1.29 is 9.59 Å². The van der Waals surface area contributed by atoms with Crippen LogP contribution in [-0.4, -0.2) is 65.2 Å². The molecule has 0 radical (unpaired) electrons. The van der Waals surface area contributed by atoms with Crippen molar-refractivity contribution in [3.63, 3.8) is 0 Å². The van der Waals surface area contributed by atoms with E-state index in [2.05, 4.69) is 10.4 Å². The zero-order valence-corrected chi connectivity index (χ0v) is 14.3. The van der Waals surface area contributed by atoms with Gasteiger partial charge in [0.15, 0.2) is 0 Å². The Balaban J connectivity index is 1.71. The maximum Gasteiger partial charge on any atom is 0.319 e.